The molecule has 0 aliphatic heterocycles. The minimum atomic E-state index is -2.61. The van der Waals surface area contributed by atoms with Crippen molar-refractivity contribution in [3.63, 3.8) is 0 Å². The number of hydrogen-bond donors (Lipinski definition) is 0. The summed E-state index contributed by atoms with van der Waals surface area (Å²) in [5, 5.41) is 0. The summed E-state index contributed by atoms with van der Waals surface area (Å²) >= 11 is 6.19. The molecule has 0 nitrogen and oxygen atoms in total. The summed E-state index contributed by atoms with van der Waals surface area (Å²) in [4.78, 5) is 0. The van der Waals surface area contributed by atoms with Gasteiger partial charge >= 0.3 is 0 Å². The van der Waals surface area contributed by atoms with E-state index >= 15 is 0 Å². The summed E-state index contributed by atoms with van der Waals surface area (Å²) in [6.07, 6.45) is 4.42. The standard InChI is InChI=1S/C7H6Br2F2/c8-5-3-1-2-4-6(5,9)7(5,10)11/h1-2H,3-4H2. The second-order valence-corrected chi connectivity index (χ2v) is 5.76. The molecule has 2 aliphatic carbocycles. The van der Waals surface area contributed by atoms with Gasteiger partial charge in [-0.25, -0.2) is 8.78 Å². The maximum atomic E-state index is 13.1. The summed E-state index contributed by atoms with van der Waals surface area (Å²) in [6, 6.07) is 0. The predicted molar refractivity (Wildman–Crippen MR) is 46.6 cm³/mol. The summed E-state index contributed by atoms with van der Waals surface area (Å²) in [7, 11) is 0. The van der Waals surface area contributed by atoms with Crippen molar-refractivity contribution in [2.45, 2.75) is 27.4 Å². The summed E-state index contributed by atoms with van der Waals surface area (Å²) in [5.41, 5.74) is 0. The molecule has 0 saturated heterocycles. The van der Waals surface area contributed by atoms with E-state index in [1.54, 1.807) is 12.2 Å². The third-order valence-corrected chi connectivity index (χ3v) is 6.06. The van der Waals surface area contributed by atoms with Crippen molar-refractivity contribution in [2.75, 3.05) is 0 Å². The lowest BCUT2D eigenvalue weighted by molar-refractivity contribution is 0.0988. The Morgan fingerprint density at radius 1 is 1.00 bits per heavy atom. The molecule has 0 N–H and O–H groups in total. The van der Waals surface area contributed by atoms with Crippen molar-refractivity contribution in [2.24, 2.45) is 0 Å². The SMILES string of the molecule is FC1(F)C2(Br)CC=CCC12Br. The van der Waals surface area contributed by atoms with Crippen LogP contribution in [0.25, 0.3) is 0 Å². The quantitative estimate of drug-likeness (QED) is 0.474. The number of hydrogen-bond acceptors (Lipinski definition) is 0. The summed E-state index contributed by atoms with van der Waals surface area (Å²) < 4.78 is 24.2. The van der Waals surface area contributed by atoms with Crippen LogP contribution in [0.4, 0.5) is 8.78 Å². The van der Waals surface area contributed by atoms with Crippen molar-refractivity contribution in [3.05, 3.63) is 12.2 Å². The second kappa shape index (κ2) is 1.90. The molecule has 0 bridgehead atoms. The number of allylic oxidation sites excluding steroid dienone is 2. The first-order chi connectivity index (χ1) is 4.96. The van der Waals surface area contributed by atoms with Gasteiger partial charge in [0, 0.05) is 0 Å². The highest BCUT2D eigenvalue weighted by Crippen LogP contribution is 2.76. The largest absolute Gasteiger partial charge is 0.281 e. The Balaban J connectivity index is 2.40. The van der Waals surface area contributed by atoms with Gasteiger partial charge in [0.1, 0.15) is 8.65 Å². The van der Waals surface area contributed by atoms with Gasteiger partial charge in [0.15, 0.2) is 0 Å². The van der Waals surface area contributed by atoms with Crippen LogP contribution in [0.1, 0.15) is 12.8 Å². The molecule has 1 fully saturated rings. The number of halogens is 4. The fraction of sp³-hybridized carbons (Fsp3) is 0.714. The van der Waals surface area contributed by atoms with Crippen molar-refractivity contribution < 1.29 is 8.78 Å². The van der Waals surface area contributed by atoms with Crippen LogP contribution in [0.15, 0.2) is 12.2 Å². The van der Waals surface area contributed by atoms with E-state index in [1.807, 2.05) is 0 Å². The zero-order chi connectivity index (χ0) is 8.33. The molecule has 2 rings (SSSR count). The lowest BCUT2D eigenvalue weighted by Crippen LogP contribution is -2.14. The van der Waals surface area contributed by atoms with Crippen LogP contribution in [0.2, 0.25) is 0 Å². The smallest absolute Gasteiger partial charge is 0.203 e. The molecule has 0 spiro atoms. The van der Waals surface area contributed by atoms with E-state index in [-0.39, 0.29) is 0 Å². The van der Waals surface area contributed by atoms with Crippen molar-refractivity contribution in [3.8, 4) is 0 Å². The minimum Gasteiger partial charge on any atom is -0.203 e. The van der Waals surface area contributed by atoms with Crippen LogP contribution in [0, 0.1) is 0 Å². The van der Waals surface area contributed by atoms with Gasteiger partial charge in [-0.15, -0.1) is 0 Å². The molecule has 1 saturated carbocycles. The molecular formula is C7H6Br2F2. The van der Waals surface area contributed by atoms with E-state index in [2.05, 4.69) is 31.9 Å². The Morgan fingerprint density at radius 3 is 1.64 bits per heavy atom. The number of alkyl halides is 4. The van der Waals surface area contributed by atoms with Gasteiger partial charge in [-0.1, -0.05) is 44.0 Å². The molecule has 62 valence electrons. The maximum Gasteiger partial charge on any atom is 0.281 e. The topological polar surface area (TPSA) is 0 Å². The van der Waals surface area contributed by atoms with Crippen LogP contribution in [-0.2, 0) is 0 Å². The normalized spacial score (nSPS) is 52.0. The van der Waals surface area contributed by atoms with Crippen LogP contribution in [0.3, 0.4) is 0 Å². The number of rotatable bonds is 0. The Labute approximate surface area is 80.3 Å². The maximum absolute atomic E-state index is 13.1. The van der Waals surface area contributed by atoms with Crippen LogP contribution < -0.4 is 0 Å². The Morgan fingerprint density at radius 2 is 1.36 bits per heavy atom. The average Bonchev–Trinajstić information content (AvgIpc) is 2.28. The van der Waals surface area contributed by atoms with E-state index in [0.717, 1.165) is 0 Å². The molecule has 2 atom stereocenters. The Bertz CT molecular complexity index is 217. The van der Waals surface area contributed by atoms with Gasteiger partial charge in [0.2, 0.25) is 0 Å². The summed E-state index contributed by atoms with van der Waals surface area (Å²) in [6.45, 7) is 0. The highest BCUT2D eigenvalue weighted by molar-refractivity contribution is 9.13. The molecule has 0 heterocycles. The summed E-state index contributed by atoms with van der Waals surface area (Å²) in [5.74, 6) is -2.61. The van der Waals surface area contributed by atoms with Gasteiger partial charge in [-0.3, -0.25) is 0 Å². The highest BCUT2D eigenvalue weighted by Gasteiger charge is 2.89. The average molecular weight is 288 g/mol. The first kappa shape index (κ1) is 8.17. The Kier molecular flexibility index (Phi) is 1.41. The van der Waals surface area contributed by atoms with Gasteiger partial charge in [-0.2, -0.15) is 0 Å². The van der Waals surface area contributed by atoms with Crippen LogP contribution in [0.5, 0.6) is 0 Å². The van der Waals surface area contributed by atoms with E-state index < -0.39 is 14.6 Å². The van der Waals surface area contributed by atoms with E-state index in [4.69, 9.17) is 0 Å². The van der Waals surface area contributed by atoms with E-state index in [9.17, 15) is 8.78 Å². The van der Waals surface area contributed by atoms with Gasteiger partial charge < -0.3 is 0 Å². The molecule has 0 aromatic carbocycles. The van der Waals surface area contributed by atoms with E-state index in [1.165, 1.54) is 0 Å². The molecule has 2 unspecified atom stereocenters. The third-order valence-electron chi connectivity index (χ3n) is 2.53. The van der Waals surface area contributed by atoms with Crippen LogP contribution >= 0.6 is 31.9 Å². The minimum absolute atomic E-state index is 0.408. The Hall–Kier alpha value is 0.560. The lowest BCUT2D eigenvalue weighted by atomic mass is 10.1. The fourth-order valence-corrected chi connectivity index (χ4v) is 3.55. The van der Waals surface area contributed by atoms with Gasteiger partial charge in [-0.05, 0) is 12.8 Å². The van der Waals surface area contributed by atoms with Crippen molar-refractivity contribution in [1.29, 1.82) is 0 Å². The molecule has 11 heavy (non-hydrogen) atoms. The van der Waals surface area contributed by atoms with Crippen molar-refractivity contribution in [1.82, 2.24) is 0 Å². The lowest BCUT2D eigenvalue weighted by Gasteiger charge is -2.12. The second-order valence-electron chi connectivity index (χ2n) is 3.06. The molecule has 0 amide bonds. The monoisotopic (exact) mass is 286 g/mol. The fourth-order valence-electron chi connectivity index (χ4n) is 1.61. The van der Waals surface area contributed by atoms with E-state index in [0.29, 0.717) is 12.8 Å². The van der Waals surface area contributed by atoms with Gasteiger partial charge in [0.05, 0.1) is 0 Å². The van der Waals surface area contributed by atoms with Gasteiger partial charge in [0.25, 0.3) is 5.92 Å². The first-order valence-corrected chi connectivity index (χ1v) is 4.95. The number of fused-ring (bicyclic) bond motifs is 1. The first-order valence-electron chi connectivity index (χ1n) is 3.36. The zero-order valence-corrected chi connectivity index (χ0v) is 8.75. The van der Waals surface area contributed by atoms with Crippen molar-refractivity contribution >= 4 is 31.9 Å². The highest BCUT2D eigenvalue weighted by atomic mass is 79.9. The molecule has 0 radical (unpaired) electrons. The molecule has 4 heteroatoms. The third kappa shape index (κ3) is 0.648. The molecule has 0 aromatic heterocycles. The zero-order valence-electron chi connectivity index (χ0n) is 5.58. The predicted octanol–water partition coefficient (Wildman–Crippen LogP) is 3.25. The molecule has 2 aliphatic rings. The molecular weight excluding hydrogens is 282 g/mol. The van der Waals surface area contributed by atoms with Crippen LogP contribution in [-0.4, -0.2) is 14.6 Å². The molecule has 0 aromatic rings.